The summed E-state index contributed by atoms with van der Waals surface area (Å²) in [6.07, 6.45) is 9.25. The van der Waals surface area contributed by atoms with Gasteiger partial charge in [0.15, 0.2) is 0 Å². The van der Waals surface area contributed by atoms with Crippen LogP contribution in [0.25, 0.3) is 5.52 Å². The lowest BCUT2D eigenvalue weighted by Gasteiger charge is -2.45. The molecule has 2 aromatic rings. The topological polar surface area (TPSA) is 77.7 Å². The average Bonchev–Trinajstić information content (AvgIpc) is 3.39. The summed E-state index contributed by atoms with van der Waals surface area (Å²) in [6.45, 7) is 14.1. The fourth-order valence-electron chi connectivity index (χ4n) is 6.32. The number of nitrogens with zero attached hydrogens (tertiary/aromatic N) is 6. The Morgan fingerprint density at radius 3 is 2.55 bits per heavy atom. The number of rotatable bonds is 8. The molecule has 0 saturated carbocycles. The predicted molar refractivity (Wildman–Crippen MR) is 157 cm³/mol. The van der Waals surface area contributed by atoms with E-state index >= 15 is 0 Å². The van der Waals surface area contributed by atoms with Crippen LogP contribution in [0.5, 0.6) is 0 Å². The summed E-state index contributed by atoms with van der Waals surface area (Å²) < 4.78 is 21.9. The average molecular weight is 554 g/mol. The minimum Gasteiger partial charge on any atom is -0.374 e. The van der Waals surface area contributed by atoms with Crippen molar-refractivity contribution in [2.24, 2.45) is 10.9 Å². The van der Waals surface area contributed by atoms with Gasteiger partial charge in [0.2, 0.25) is 0 Å². The molecule has 3 aliphatic rings. The van der Waals surface area contributed by atoms with E-state index in [0.29, 0.717) is 32.8 Å². The highest BCUT2D eigenvalue weighted by Crippen LogP contribution is 2.37. The lowest BCUT2D eigenvalue weighted by Crippen LogP contribution is -2.53. The highest BCUT2D eigenvalue weighted by Gasteiger charge is 2.42. The second-order valence-corrected chi connectivity index (χ2v) is 11.6. The number of carbonyl (C=O) groups excluding carboxylic acids is 1. The first kappa shape index (κ1) is 28.5. The fraction of sp³-hybridized carbons (Fsp3) is 0.633. The largest absolute Gasteiger partial charge is 0.374 e. The Hall–Kier alpha value is -2.98. The first-order valence-corrected chi connectivity index (χ1v) is 14.8. The second-order valence-electron chi connectivity index (χ2n) is 11.6. The highest BCUT2D eigenvalue weighted by atomic mass is 19.1. The molecule has 0 aliphatic carbocycles. The van der Waals surface area contributed by atoms with Crippen LogP contribution in [-0.4, -0.2) is 108 Å². The summed E-state index contributed by atoms with van der Waals surface area (Å²) in [5.74, 6) is 0.205. The van der Waals surface area contributed by atoms with Crippen LogP contribution in [0.1, 0.15) is 46.1 Å². The lowest BCUT2D eigenvalue weighted by molar-refractivity contribution is -0.105. The number of aliphatic imine (C=N–C) groups is 1. The third-order valence-corrected chi connectivity index (χ3v) is 8.37. The van der Waals surface area contributed by atoms with Crippen molar-refractivity contribution in [2.75, 3.05) is 63.9 Å². The number of carbonyl (C=O) groups is 1. The smallest absolute Gasteiger partial charge is 0.317 e. The number of fused-ring (bicyclic) bond motifs is 1. The fourth-order valence-corrected chi connectivity index (χ4v) is 6.32. The number of aromatic nitrogens is 2. The van der Waals surface area contributed by atoms with Gasteiger partial charge in [0.05, 0.1) is 22.5 Å². The van der Waals surface area contributed by atoms with Gasteiger partial charge in [0, 0.05) is 88.9 Å². The van der Waals surface area contributed by atoms with Gasteiger partial charge in [-0.3, -0.25) is 4.99 Å². The summed E-state index contributed by atoms with van der Waals surface area (Å²) in [5, 5.41) is 7.55. The summed E-state index contributed by atoms with van der Waals surface area (Å²) in [5.41, 5.74) is 3.91. The maximum absolute atomic E-state index is 13.5. The summed E-state index contributed by atoms with van der Waals surface area (Å²) in [7, 11) is 0. The molecule has 0 spiro atoms. The van der Waals surface area contributed by atoms with Crippen molar-refractivity contribution in [3.63, 3.8) is 0 Å². The van der Waals surface area contributed by atoms with Gasteiger partial charge in [-0.05, 0) is 58.7 Å². The van der Waals surface area contributed by atoms with Crippen molar-refractivity contribution in [1.29, 1.82) is 0 Å². The first-order valence-electron chi connectivity index (χ1n) is 14.8. The monoisotopic (exact) mass is 553 g/mol. The number of likely N-dealkylation sites (tertiary alicyclic amines) is 1. The molecule has 2 amide bonds. The van der Waals surface area contributed by atoms with Gasteiger partial charge in [0.25, 0.3) is 0 Å². The number of allylic oxidation sites excluding steroid dienone is 1. The quantitative estimate of drug-likeness (QED) is 0.539. The molecule has 5 rings (SSSR count). The number of hydrogen-bond acceptors (Lipinski definition) is 6. The molecule has 0 radical (unpaired) electrons. The summed E-state index contributed by atoms with van der Waals surface area (Å²) in [6, 6.07) is 4.36. The molecule has 0 bridgehead atoms. The molecule has 0 aromatic carbocycles. The zero-order valence-corrected chi connectivity index (χ0v) is 24.4. The van der Waals surface area contributed by atoms with E-state index < -0.39 is 6.17 Å². The molecule has 10 heteroatoms. The predicted octanol–water partition coefficient (Wildman–Crippen LogP) is 3.78. The van der Waals surface area contributed by atoms with Gasteiger partial charge in [-0.1, -0.05) is 6.08 Å². The van der Waals surface area contributed by atoms with E-state index in [9.17, 15) is 9.18 Å². The van der Waals surface area contributed by atoms with Crippen LogP contribution >= 0.6 is 0 Å². The summed E-state index contributed by atoms with van der Waals surface area (Å²) >= 11 is 0. The SMILES string of the molecule is CCOC1(C2C=CC(c3cc4c(N5CCN(C(=O)NC(C)C)CC5)ccnn4c3)=NC2)CCN(C[C@H](C)F)CC1. The molecule has 5 heterocycles. The lowest BCUT2D eigenvalue weighted by atomic mass is 9.77. The second kappa shape index (κ2) is 12.3. The van der Waals surface area contributed by atoms with E-state index in [4.69, 9.17) is 9.73 Å². The molecular formula is C30H44FN7O2. The van der Waals surface area contributed by atoms with Gasteiger partial charge in [-0.15, -0.1) is 0 Å². The molecule has 3 aliphatic heterocycles. The summed E-state index contributed by atoms with van der Waals surface area (Å²) in [4.78, 5) is 23.9. The zero-order valence-electron chi connectivity index (χ0n) is 24.4. The highest BCUT2D eigenvalue weighted by molar-refractivity contribution is 6.10. The van der Waals surface area contributed by atoms with Crippen LogP contribution < -0.4 is 10.2 Å². The van der Waals surface area contributed by atoms with Crippen molar-refractivity contribution >= 4 is 22.9 Å². The molecular weight excluding hydrogens is 509 g/mol. The molecule has 2 fully saturated rings. The van der Waals surface area contributed by atoms with E-state index in [2.05, 4.69) is 51.4 Å². The van der Waals surface area contributed by atoms with Gasteiger partial charge in [-0.25, -0.2) is 13.7 Å². The number of nitrogens with one attached hydrogen (secondary N) is 1. The standard InChI is InChI=1S/C30H44FN7O2/c1-5-40-30(9-12-35(13-10-30)20-23(4)31)25-6-7-26(32-19-25)24-18-28-27(8-11-33-38(28)21-24)36-14-16-37(17-15-36)29(39)34-22(2)3/h6-8,11,18,21-23,25H,5,9-10,12-17,19-20H2,1-4H3,(H,34,39)/t23-,25?/m0/s1. The minimum absolute atomic E-state index is 0.00549. The van der Waals surface area contributed by atoms with Crippen LogP contribution in [0.4, 0.5) is 14.9 Å². The number of piperidine rings is 1. The van der Waals surface area contributed by atoms with Gasteiger partial charge < -0.3 is 24.8 Å². The Bertz CT molecular complexity index is 1220. The number of dihydropyridines is 1. The Balaban J connectivity index is 1.26. The van der Waals surface area contributed by atoms with E-state index in [1.165, 1.54) is 0 Å². The minimum atomic E-state index is -0.810. The van der Waals surface area contributed by atoms with Crippen molar-refractivity contribution in [1.82, 2.24) is 24.7 Å². The molecule has 40 heavy (non-hydrogen) atoms. The number of urea groups is 1. The number of alkyl halides is 1. The molecule has 2 atom stereocenters. The van der Waals surface area contributed by atoms with Crippen LogP contribution in [0, 0.1) is 5.92 Å². The third-order valence-electron chi connectivity index (χ3n) is 8.37. The van der Waals surface area contributed by atoms with Crippen LogP contribution in [0.2, 0.25) is 0 Å². The van der Waals surface area contributed by atoms with Gasteiger partial charge >= 0.3 is 6.03 Å². The van der Waals surface area contributed by atoms with Crippen LogP contribution in [0.3, 0.4) is 0 Å². The molecule has 2 aromatic heterocycles. The Morgan fingerprint density at radius 1 is 1.18 bits per heavy atom. The molecule has 9 nitrogen and oxygen atoms in total. The number of piperazine rings is 1. The number of ether oxygens (including phenoxy) is 1. The van der Waals surface area contributed by atoms with Crippen LogP contribution in [-0.2, 0) is 4.74 Å². The molecule has 218 valence electrons. The van der Waals surface area contributed by atoms with Crippen molar-refractivity contribution in [3.8, 4) is 0 Å². The van der Waals surface area contributed by atoms with Gasteiger partial charge in [-0.2, -0.15) is 5.10 Å². The zero-order chi connectivity index (χ0) is 28.3. The normalized spacial score (nSPS) is 22.6. The maximum atomic E-state index is 13.5. The molecule has 1 N–H and O–H groups in total. The third kappa shape index (κ3) is 6.17. The first-order chi connectivity index (χ1) is 19.3. The number of anilines is 1. The number of hydrogen-bond donors (Lipinski definition) is 1. The Morgan fingerprint density at radius 2 is 1.93 bits per heavy atom. The van der Waals surface area contributed by atoms with Crippen LogP contribution in [0.15, 0.2) is 41.7 Å². The molecule has 1 unspecified atom stereocenters. The van der Waals surface area contributed by atoms with Crippen molar-refractivity contribution < 1.29 is 13.9 Å². The van der Waals surface area contributed by atoms with Crippen molar-refractivity contribution in [2.45, 2.75) is 58.4 Å². The number of halogens is 1. The van der Waals surface area contributed by atoms with Crippen molar-refractivity contribution in [3.05, 3.63) is 42.2 Å². The van der Waals surface area contributed by atoms with Gasteiger partial charge in [0.1, 0.15) is 6.17 Å². The Labute approximate surface area is 237 Å². The number of amides is 2. The van der Waals surface area contributed by atoms with E-state index in [1.54, 1.807) is 6.92 Å². The maximum Gasteiger partial charge on any atom is 0.317 e. The van der Waals surface area contributed by atoms with E-state index in [-0.39, 0.29) is 23.6 Å². The Kier molecular flexibility index (Phi) is 8.75. The van der Waals surface area contributed by atoms with E-state index in [0.717, 1.165) is 61.5 Å². The molecule has 2 saturated heterocycles. The van der Waals surface area contributed by atoms with E-state index in [1.807, 2.05) is 35.7 Å².